The Morgan fingerprint density at radius 2 is 2.05 bits per heavy atom. The van der Waals surface area contributed by atoms with Crippen LogP contribution in [0.1, 0.15) is 27.5 Å². The lowest BCUT2D eigenvalue weighted by molar-refractivity contribution is 0.0915. The molecule has 1 atom stereocenters. The summed E-state index contributed by atoms with van der Waals surface area (Å²) in [6.45, 7) is 1.74. The van der Waals surface area contributed by atoms with Crippen LogP contribution in [-0.4, -0.2) is 22.6 Å². The number of aliphatic hydroxyl groups is 1. The van der Waals surface area contributed by atoms with E-state index in [2.05, 4.69) is 10.3 Å². The number of benzene rings is 1. The smallest absolute Gasteiger partial charge is 0.253 e. The highest BCUT2D eigenvalue weighted by molar-refractivity contribution is 5.94. The maximum Gasteiger partial charge on any atom is 0.253 e. The molecule has 1 amide bonds. The summed E-state index contributed by atoms with van der Waals surface area (Å²) in [7, 11) is 0. The quantitative estimate of drug-likeness (QED) is 0.877. The molecule has 0 bridgehead atoms. The van der Waals surface area contributed by atoms with E-state index in [1.54, 1.807) is 12.3 Å². The number of pyridine rings is 1. The molecule has 0 spiro atoms. The number of aromatic nitrogens is 1. The van der Waals surface area contributed by atoms with Crippen LogP contribution in [0.3, 0.4) is 0 Å². The van der Waals surface area contributed by atoms with Crippen molar-refractivity contribution in [1.82, 2.24) is 10.3 Å². The normalized spacial score (nSPS) is 11.9. The SMILES string of the molecule is Cc1cncc(C(=O)N[C@@H](CO)c2ccccc2)c1. The second kappa shape index (κ2) is 6.11. The van der Waals surface area contributed by atoms with Gasteiger partial charge >= 0.3 is 0 Å². The van der Waals surface area contributed by atoms with Gasteiger partial charge in [-0.05, 0) is 24.1 Å². The van der Waals surface area contributed by atoms with E-state index < -0.39 is 6.04 Å². The summed E-state index contributed by atoms with van der Waals surface area (Å²) < 4.78 is 0. The zero-order chi connectivity index (χ0) is 13.7. The molecule has 1 aromatic heterocycles. The van der Waals surface area contributed by atoms with Crippen molar-refractivity contribution >= 4 is 5.91 Å². The molecule has 0 aliphatic carbocycles. The van der Waals surface area contributed by atoms with Gasteiger partial charge in [-0.25, -0.2) is 0 Å². The molecule has 1 heterocycles. The predicted octanol–water partition coefficient (Wildman–Crippen LogP) is 1.85. The van der Waals surface area contributed by atoms with Crippen LogP contribution >= 0.6 is 0 Å². The van der Waals surface area contributed by atoms with E-state index in [4.69, 9.17) is 0 Å². The number of aliphatic hydroxyl groups excluding tert-OH is 1. The Balaban J connectivity index is 2.13. The van der Waals surface area contributed by atoms with E-state index in [1.165, 1.54) is 6.20 Å². The molecule has 2 N–H and O–H groups in total. The highest BCUT2D eigenvalue weighted by Gasteiger charge is 2.14. The molecule has 0 saturated heterocycles. The zero-order valence-corrected chi connectivity index (χ0v) is 10.7. The molecule has 4 nitrogen and oxygen atoms in total. The topological polar surface area (TPSA) is 62.2 Å². The van der Waals surface area contributed by atoms with Gasteiger partial charge in [0.2, 0.25) is 0 Å². The van der Waals surface area contributed by atoms with E-state index in [-0.39, 0.29) is 12.5 Å². The molecule has 2 aromatic rings. The molecule has 0 fully saturated rings. The molecule has 0 unspecified atom stereocenters. The van der Waals surface area contributed by atoms with Crippen LogP contribution in [0.2, 0.25) is 0 Å². The van der Waals surface area contributed by atoms with E-state index in [0.717, 1.165) is 11.1 Å². The number of rotatable bonds is 4. The Hall–Kier alpha value is -2.20. The lowest BCUT2D eigenvalue weighted by atomic mass is 10.1. The Morgan fingerprint density at radius 3 is 2.68 bits per heavy atom. The number of hydrogen-bond acceptors (Lipinski definition) is 3. The first kappa shape index (κ1) is 13.2. The number of aryl methyl sites for hydroxylation is 1. The zero-order valence-electron chi connectivity index (χ0n) is 10.7. The van der Waals surface area contributed by atoms with Gasteiger partial charge < -0.3 is 10.4 Å². The lowest BCUT2D eigenvalue weighted by Gasteiger charge is -2.16. The summed E-state index contributed by atoms with van der Waals surface area (Å²) in [4.78, 5) is 16.1. The Bertz CT molecular complexity index is 555. The van der Waals surface area contributed by atoms with Crippen molar-refractivity contribution in [2.24, 2.45) is 0 Å². The third kappa shape index (κ3) is 3.39. The molecular weight excluding hydrogens is 240 g/mol. The van der Waals surface area contributed by atoms with Crippen LogP contribution in [0.4, 0.5) is 0 Å². The van der Waals surface area contributed by atoms with E-state index in [9.17, 15) is 9.90 Å². The minimum atomic E-state index is -0.408. The number of amides is 1. The van der Waals surface area contributed by atoms with Crippen LogP contribution in [0, 0.1) is 6.92 Å². The maximum absolute atomic E-state index is 12.1. The fourth-order valence-corrected chi connectivity index (χ4v) is 1.84. The van der Waals surface area contributed by atoms with E-state index in [0.29, 0.717) is 5.56 Å². The van der Waals surface area contributed by atoms with Crippen LogP contribution in [0.15, 0.2) is 48.8 Å². The number of nitrogens with zero attached hydrogens (tertiary/aromatic N) is 1. The number of nitrogens with one attached hydrogen (secondary N) is 1. The van der Waals surface area contributed by atoms with Crippen molar-refractivity contribution in [2.45, 2.75) is 13.0 Å². The van der Waals surface area contributed by atoms with Gasteiger partial charge in [-0.3, -0.25) is 9.78 Å². The first-order valence-corrected chi connectivity index (χ1v) is 6.09. The number of hydrogen-bond donors (Lipinski definition) is 2. The summed E-state index contributed by atoms with van der Waals surface area (Å²) in [5.41, 5.74) is 2.29. The second-order valence-electron chi connectivity index (χ2n) is 4.37. The van der Waals surface area contributed by atoms with Gasteiger partial charge in [0.1, 0.15) is 0 Å². The molecule has 4 heteroatoms. The fourth-order valence-electron chi connectivity index (χ4n) is 1.84. The lowest BCUT2D eigenvalue weighted by Crippen LogP contribution is -2.30. The Labute approximate surface area is 112 Å². The first-order chi connectivity index (χ1) is 9.20. The molecule has 1 aromatic carbocycles. The molecule has 19 heavy (non-hydrogen) atoms. The summed E-state index contributed by atoms with van der Waals surface area (Å²) in [5.74, 6) is -0.237. The predicted molar refractivity (Wildman–Crippen MR) is 72.7 cm³/mol. The minimum absolute atomic E-state index is 0.144. The van der Waals surface area contributed by atoms with Gasteiger partial charge in [0.15, 0.2) is 0 Å². The van der Waals surface area contributed by atoms with Crippen molar-refractivity contribution in [3.63, 3.8) is 0 Å². The van der Waals surface area contributed by atoms with Crippen LogP contribution in [0.25, 0.3) is 0 Å². The fraction of sp³-hybridized carbons (Fsp3) is 0.200. The molecule has 0 aliphatic rings. The van der Waals surface area contributed by atoms with E-state index in [1.807, 2.05) is 37.3 Å². The molecular formula is C15H16N2O2. The van der Waals surface area contributed by atoms with E-state index >= 15 is 0 Å². The summed E-state index contributed by atoms with van der Waals surface area (Å²) in [6.07, 6.45) is 3.21. The van der Waals surface area contributed by atoms with Crippen molar-refractivity contribution in [1.29, 1.82) is 0 Å². The van der Waals surface area contributed by atoms with Crippen molar-refractivity contribution in [3.05, 3.63) is 65.5 Å². The molecule has 0 saturated carbocycles. The maximum atomic E-state index is 12.1. The summed E-state index contributed by atoms with van der Waals surface area (Å²) >= 11 is 0. The molecule has 0 aliphatic heterocycles. The first-order valence-electron chi connectivity index (χ1n) is 6.09. The molecule has 98 valence electrons. The third-order valence-corrected chi connectivity index (χ3v) is 2.83. The Kier molecular flexibility index (Phi) is 4.26. The van der Waals surface area contributed by atoms with Crippen molar-refractivity contribution < 1.29 is 9.90 Å². The summed E-state index contributed by atoms with van der Waals surface area (Å²) in [6, 6.07) is 10.7. The Morgan fingerprint density at radius 1 is 1.32 bits per heavy atom. The second-order valence-corrected chi connectivity index (χ2v) is 4.37. The van der Waals surface area contributed by atoms with Gasteiger partial charge in [-0.2, -0.15) is 0 Å². The summed E-state index contributed by atoms with van der Waals surface area (Å²) in [5, 5.41) is 12.2. The van der Waals surface area contributed by atoms with Crippen LogP contribution in [0.5, 0.6) is 0 Å². The van der Waals surface area contributed by atoms with Crippen LogP contribution < -0.4 is 5.32 Å². The average molecular weight is 256 g/mol. The third-order valence-electron chi connectivity index (χ3n) is 2.83. The van der Waals surface area contributed by atoms with Gasteiger partial charge in [-0.15, -0.1) is 0 Å². The molecule has 0 radical (unpaired) electrons. The minimum Gasteiger partial charge on any atom is -0.394 e. The highest BCUT2D eigenvalue weighted by atomic mass is 16.3. The van der Waals surface area contributed by atoms with Crippen molar-refractivity contribution in [2.75, 3.05) is 6.61 Å². The number of carbonyl (C=O) groups is 1. The standard InChI is InChI=1S/C15H16N2O2/c1-11-7-13(9-16-8-11)15(19)17-14(10-18)12-5-3-2-4-6-12/h2-9,14,18H,10H2,1H3,(H,17,19)/t14-/m0/s1. The van der Waals surface area contributed by atoms with Gasteiger partial charge in [0, 0.05) is 12.4 Å². The average Bonchev–Trinajstić information content (AvgIpc) is 2.45. The highest BCUT2D eigenvalue weighted by Crippen LogP contribution is 2.12. The van der Waals surface area contributed by atoms with Gasteiger partial charge in [-0.1, -0.05) is 30.3 Å². The van der Waals surface area contributed by atoms with Gasteiger partial charge in [0.05, 0.1) is 18.2 Å². The monoisotopic (exact) mass is 256 g/mol. The molecule has 2 rings (SSSR count). The van der Waals surface area contributed by atoms with Crippen LogP contribution in [-0.2, 0) is 0 Å². The largest absolute Gasteiger partial charge is 0.394 e. The number of carbonyl (C=O) groups excluding carboxylic acids is 1. The van der Waals surface area contributed by atoms with Crippen molar-refractivity contribution in [3.8, 4) is 0 Å². The van der Waals surface area contributed by atoms with Gasteiger partial charge in [0.25, 0.3) is 5.91 Å².